The number of likely N-dealkylation sites (tertiary alicyclic amines) is 1. The van der Waals surface area contributed by atoms with Crippen molar-refractivity contribution in [3.63, 3.8) is 0 Å². The van der Waals surface area contributed by atoms with Crippen LogP contribution in [-0.2, 0) is 4.79 Å². The Balaban J connectivity index is 0.00000289. The maximum atomic E-state index is 12.1. The van der Waals surface area contributed by atoms with Crippen LogP contribution in [0.2, 0.25) is 0 Å². The van der Waals surface area contributed by atoms with Crippen molar-refractivity contribution >= 4 is 18.3 Å². The van der Waals surface area contributed by atoms with Crippen molar-refractivity contribution in [3.05, 3.63) is 0 Å². The molecule has 0 saturated carbocycles. The van der Waals surface area contributed by atoms with Gasteiger partial charge in [-0.3, -0.25) is 4.79 Å². The highest BCUT2D eigenvalue weighted by atomic mass is 35.5. The molecule has 0 aromatic heterocycles. The molecule has 0 aromatic carbocycles. The second-order valence-corrected chi connectivity index (χ2v) is 5.34. The molecule has 1 saturated heterocycles. The molecule has 1 rings (SSSR count). The maximum Gasteiger partial charge on any atom is 0.222 e. The lowest BCUT2D eigenvalue weighted by Gasteiger charge is -2.31. The number of unbranched alkanes of at least 4 members (excludes halogenated alkanes) is 1. The van der Waals surface area contributed by atoms with Gasteiger partial charge in [-0.25, -0.2) is 0 Å². The lowest BCUT2D eigenvalue weighted by Crippen LogP contribution is -2.43. The number of rotatable bonds is 6. The first-order valence-corrected chi connectivity index (χ1v) is 7.20. The molecule has 4 heteroatoms. The Morgan fingerprint density at radius 2 is 1.94 bits per heavy atom. The highest BCUT2D eigenvalue weighted by molar-refractivity contribution is 5.85. The van der Waals surface area contributed by atoms with Gasteiger partial charge in [0.15, 0.2) is 0 Å². The third kappa shape index (κ3) is 6.05. The highest BCUT2D eigenvalue weighted by Gasteiger charge is 2.22. The number of carbonyl (C=O) groups is 1. The molecule has 1 aliphatic rings. The average Bonchev–Trinajstić information content (AvgIpc) is 2.35. The molecule has 1 atom stereocenters. The van der Waals surface area contributed by atoms with Crippen molar-refractivity contribution < 1.29 is 4.79 Å². The monoisotopic (exact) mass is 276 g/mol. The number of hydrogen-bond acceptors (Lipinski definition) is 2. The molecule has 1 amide bonds. The van der Waals surface area contributed by atoms with Crippen LogP contribution in [0.5, 0.6) is 0 Å². The first-order chi connectivity index (χ1) is 8.17. The Morgan fingerprint density at radius 1 is 1.33 bits per heavy atom. The largest absolute Gasteiger partial charge is 0.343 e. The van der Waals surface area contributed by atoms with E-state index >= 15 is 0 Å². The number of hydrogen-bond donors (Lipinski definition) is 1. The minimum Gasteiger partial charge on any atom is -0.343 e. The molecule has 3 nitrogen and oxygen atoms in total. The van der Waals surface area contributed by atoms with Crippen LogP contribution in [-0.4, -0.2) is 29.9 Å². The molecule has 2 N–H and O–H groups in total. The molecule has 1 heterocycles. The summed E-state index contributed by atoms with van der Waals surface area (Å²) in [5.74, 6) is 0.929. The quantitative estimate of drug-likeness (QED) is 0.811. The summed E-state index contributed by atoms with van der Waals surface area (Å²) in [7, 11) is 0. The molecule has 0 aliphatic carbocycles. The van der Waals surface area contributed by atoms with Gasteiger partial charge in [0.25, 0.3) is 0 Å². The zero-order chi connectivity index (χ0) is 12.7. The Labute approximate surface area is 118 Å². The van der Waals surface area contributed by atoms with Crippen LogP contribution in [0.3, 0.4) is 0 Å². The normalized spacial score (nSPS) is 18.3. The molecule has 108 valence electrons. The summed E-state index contributed by atoms with van der Waals surface area (Å²) >= 11 is 0. The Morgan fingerprint density at radius 3 is 2.44 bits per heavy atom. The molecule has 18 heavy (non-hydrogen) atoms. The van der Waals surface area contributed by atoms with Gasteiger partial charge in [-0.05, 0) is 25.2 Å². The predicted octanol–water partition coefficient (Wildman–Crippen LogP) is 2.96. The molecule has 0 spiro atoms. The van der Waals surface area contributed by atoms with Crippen molar-refractivity contribution in [2.24, 2.45) is 11.7 Å². The fourth-order valence-corrected chi connectivity index (χ4v) is 2.47. The molecule has 1 fully saturated rings. The van der Waals surface area contributed by atoms with Gasteiger partial charge >= 0.3 is 0 Å². The number of carbonyl (C=O) groups excluding carboxylic acids is 1. The van der Waals surface area contributed by atoms with E-state index < -0.39 is 0 Å². The van der Waals surface area contributed by atoms with E-state index in [-0.39, 0.29) is 12.4 Å². The van der Waals surface area contributed by atoms with Crippen LogP contribution in [0.15, 0.2) is 0 Å². The van der Waals surface area contributed by atoms with E-state index in [2.05, 4.69) is 13.8 Å². The van der Waals surface area contributed by atoms with Gasteiger partial charge < -0.3 is 10.6 Å². The maximum absolute atomic E-state index is 12.1. The van der Waals surface area contributed by atoms with Crippen molar-refractivity contribution in [1.29, 1.82) is 0 Å². The summed E-state index contributed by atoms with van der Waals surface area (Å²) in [6, 6.07) is 0.307. The Bertz CT molecular complexity index is 228. The van der Waals surface area contributed by atoms with E-state index in [1.807, 2.05) is 4.90 Å². The Hall–Kier alpha value is -0.280. The van der Waals surface area contributed by atoms with Gasteiger partial charge in [0.2, 0.25) is 5.91 Å². The van der Waals surface area contributed by atoms with Crippen LogP contribution in [0.4, 0.5) is 0 Å². The third-order valence-corrected chi connectivity index (χ3v) is 3.90. The van der Waals surface area contributed by atoms with Crippen molar-refractivity contribution in [2.75, 3.05) is 13.1 Å². The van der Waals surface area contributed by atoms with E-state index in [0.717, 1.165) is 38.8 Å². The van der Waals surface area contributed by atoms with Gasteiger partial charge in [0, 0.05) is 25.6 Å². The van der Waals surface area contributed by atoms with E-state index in [9.17, 15) is 4.79 Å². The van der Waals surface area contributed by atoms with E-state index in [4.69, 9.17) is 5.73 Å². The first-order valence-electron chi connectivity index (χ1n) is 7.20. The van der Waals surface area contributed by atoms with E-state index in [0.29, 0.717) is 17.9 Å². The fraction of sp³-hybridized carbons (Fsp3) is 0.929. The van der Waals surface area contributed by atoms with Gasteiger partial charge in [0.05, 0.1) is 0 Å². The predicted molar refractivity (Wildman–Crippen MR) is 79.0 cm³/mol. The topological polar surface area (TPSA) is 46.3 Å². The summed E-state index contributed by atoms with van der Waals surface area (Å²) < 4.78 is 0. The van der Waals surface area contributed by atoms with Crippen molar-refractivity contribution in [2.45, 2.75) is 64.8 Å². The molecule has 0 radical (unpaired) electrons. The van der Waals surface area contributed by atoms with E-state index in [1.54, 1.807) is 0 Å². The van der Waals surface area contributed by atoms with Crippen molar-refractivity contribution in [1.82, 2.24) is 4.90 Å². The average molecular weight is 277 g/mol. The number of amides is 1. The number of halogens is 1. The van der Waals surface area contributed by atoms with Gasteiger partial charge in [-0.1, -0.05) is 33.1 Å². The van der Waals surface area contributed by atoms with Crippen LogP contribution in [0, 0.1) is 5.92 Å². The number of nitrogens with zero attached hydrogens (tertiary/aromatic N) is 1. The lowest BCUT2D eigenvalue weighted by atomic mass is 9.94. The van der Waals surface area contributed by atoms with Gasteiger partial charge in [0.1, 0.15) is 0 Å². The summed E-state index contributed by atoms with van der Waals surface area (Å²) in [5, 5.41) is 0. The van der Waals surface area contributed by atoms with Gasteiger partial charge in [-0.15, -0.1) is 12.4 Å². The van der Waals surface area contributed by atoms with Crippen LogP contribution >= 0.6 is 12.4 Å². The van der Waals surface area contributed by atoms with Crippen LogP contribution in [0.25, 0.3) is 0 Å². The SMILES string of the molecule is CCCCC(CC)CC(=O)N1CCC(N)CC1.Cl. The minimum absolute atomic E-state index is 0. The number of nitrogens with two attached hydrogens (primary N) is 1. The van der Waals surface area contributed by atoms with Crippen molar-refractivity contribution in [3.8, 4) is 0 Å². The lowest BCUT2D eigenvalue weighted by molar-refractivity contribution is -0.133. The molecular formula is C14H29ClN2O. The molecule has 0 aromatic rings. The standard InChI is InChI=1S/C14H28N2O.ClH/c1-3-5-6-12(4-2)11-14(17)16-9-7-13(15)8-10-16;/h12-13H,3-11,15H2,1-2H3;1H. The summed E-state index contributed by atoms with van der Waals surface area (Å²) in [5.41, 5.74) is 5.85. The Kier molecular flexibility index (Phi) is 9.47. The van der Waals surface area contributed by atoms with Crippen LogP contribution in [0.1, 0.15) is 58.8 Å². The second-order valence-electron chi connectivity index (χ2n) is 5.34. The summed E-state index contributed by atoms with van der Waals surface area (Å²) in [6.07, 6.45) is 7.48. The van der Waals surface area contributed by atoms with Crippen LogP contribution < -0.4 is 5.73 Å². The molecular weight excluding hydrogens is 248 g/mol. The zero-order valence-corrected chi connectivity index (χ0v) is 12.7. The molecule has 1 aliphatic heterocycles. The number of piperidine rings is 1. The minimum atomic E-state index is 0. The molecule has 1 unspecified atom stereocenters. The summed E-state index contributed by atoms with van der Waals surface area (Å²) in [4.78, 5) is 14.1. The smallest absolute Gasteiger partial charge is 0.222 e. The van der Waals surface area contributed by atoms with E-state index in [1.165, 1.54) is 19.3 Å². The fourth-order valence-electron chi connectivity index (χ4n) is 2.47. The zero-order valence-electron chi connectivity index (χ0n) is 11.9. The highest BCUT2D eigenvalue weighted by Crippen LogP contribution is 2.19. The third-order valence-electron chi connectivity index (χ3n) is 3.90. The van der Waals surface area contributed by atoms with Gasteiger partial charge in [-0.2, -0.15) is 0 Å². The first kappa shape index (κ1) is 17.7. The molecule has 0 bridgehead atoms. The second kappa shape index (κ2) is 9.62. The summed E-state index contributed by atoms with van der Waals surface area (Å²) in [6.45, 7) is 6.13.